The topological polar surface area (TPSA) is 50.4 Å². The second kappa shape index (κ2) is 8.35. The minimum Gasteiger partial charge on any atom is -0.455 e. The summed E-state index contributed by atoms with van der Waals surface area (Å²) in [6.07, 6.45) is 0. The Balaban J connectivity index is 1.63. The molecule has 5 heteroatoms. The van der Waals surface area contributed by atoms with Gasteiger partial charge in [0.1, 0.15) is 5.75 Å². The second-order valence-electron chi connectivity index (χ2n) is 5.32. The van der Waals surface area contributed by atoms with E-state index in [1.165, 1.54) is 0 Å². The maximum absolute atomic E-state index is 12.2. The molecular weight excluding hydrogens is 380 g/mol. The van der Waals surface area contributed by atoms with Gasteiger partial charge in [-0.15, -0.1) is 0 Å². The summed E-state index contributed by atoms with van der Waals surface area (Å²) in [5, 5.41) is 5.97. The molecule has 0 saturated carbocycles. The highest BCUT2D eigenvalue weighted by molar-refractivity contribution is 9.10. The Morgan fingerprint density at radius 3 is 2.48 bits per heavy atom. The number of amides is 1. The Morgan fingerprint density at radius 1 is 0.920 bits per heavy atom. The fourth-order valence-corrected chi connectivity index (χ4v) is 2.65. The summed E-state index contributed by atoms with van der Waals surface area (Å²) in [6.45, 7) is 0.163. The number of ether oxygens (including phenoxy) is 1. The molecule has 3 aromatic rings. The number of halogens is 1. The van der Waals surface area contributed by atoms with Gasteiger partial charge in [0, 0.05) is 10.2 Å². The molecule has 126 valence electrons. The Bertz CT molecular complexity index is 853. The smallest absolute Gasteiger partial charge is 0.243 e. The molecular formula is C20H17BrN2O2. The number of nitrogens with one attached hydrogen (secondary N) is 2. The van der Waals surface area contributed by atoms with Crippen LogP contribution in [-0.2, 0) is 4.79 Å². The van der Waals surface area contributed by atoms with Crippen LogP contribution in [0.25, 0.3) is 0 Å². The van der Waals surface area contributed by atoms with Gasteiger partial charge in [0.05, 0.1) is 12.2 Å². The van der Waals surface area contributed by atoms with Crippen molar-refractivity contribution in [1.82, 2.24) is 0 Å². The van der Waals surface area contributed by atoms with Gasteiger partial charge in [-0.05, 0) is 42.5 Å². The molecule has 2 N–H and O–H groups in total. The van der Waals surface area contributed by atoms with Gasteiger partial charge < -0.3 is 15.4 Å². The van der Waals surface area contributed by atoms with Gasteiger partial charge in [-0.2, -0.15) is 0 Å². The van der Waals surface area contributed by atoms with Crippen LogP contribution in [0, 0.1) is 0 Å². The monoisotopic (exact) mass is 396 g/mol. The van der Waals surface area contributed by atoms with Crippen molar-refractivity contribution in [3.63, 3.8) is 0 Å². The molecule has 25 heavy (non-hydrogen) atoms. The normalized spacial score (nSPS) is 10.1. The zero-order chi connectivity index (χ0) is 17.5. The summed E-state index contributed by atoms with van der Waals surface area (Å²) in [6, 6.07) is 24.5. The third-order valence-electron chi connectivity index (χ3n) is 3.41. The van der Waals surface area contributed by atoms with Crippen molar-refractivity contribution < 1.29 is 9.53 Å². The predicted molar refractivity (Wildman–Crippen MR) is 104 cm³/mol. The van der Waals surface area contributed by atoms with Crippen LogP contribution in [0.4, 0.5) is 11.4 Å². The first kappa shape index (κ1) is 17.0. The van der Waals surface area contributed by atoms with E-state index in [1.807, 2.05) is 78.9 Å². The van der Waals surface area contributed by atoms with Gasteiger partial charge in [-0.25, -0.2) is 0 Å². The highest BCUT2D eigenvalue weighted by Crippen LogP contribution is 2.29. The van der Waals surface area contributed by atoms with Gasteiger partial charge in [-0.1, -0.05) is 52.3 Å². The van der Waals surface area contributed by atoms with E-state index < -0.39 is 0 Å². The first-order valence-corrected chi connectivity index (χ1v) is 8.61. The van der Waals surface area contributed by atoms with Crippen LogP contribution < -0.4 is 15.4 Å². The lowest BCUT2D eigenvalue weighted by Crippen LogP contribution is -2.22. The van der Waals surface area contributed by atoms with Crippen molar-refractivity contribution in [2.75, 3.05) is 17.2 Å². The lowest BCUT2D eigenvalue weighted by atomic mass is 10.2. The standard InChI is InChI=1S/C20H17BrN2O2/c21-15-7-6-8-16(13-15)22-14-20(24)23-18-11-4-5-12-19(18)25-17-9-2-1-3-10-17/h1-13,22H,14H2,(H,23,24). The Morgan fingerprint density at radius 2 is 1.68 bits per heavy atom. The van der Waals surface area contributed by atoms with Gasteiger partial charge in [0.2, 0.25) is 5.91 Å². The largest absolute Gasteiger partial charge is 0.455 e. The van der Waals surface area contributed by atoms with Crippen LogP contribution in [-0.4, -0.2) is 12.5 Å². The summed E-state index contributed by atoms with van der Waals surface area (Å²) >= 11 is 3.41. The number of carbonyl (C=O) groups excluding carboxylic acids is 1. The zero-order valence-corrected chi connectivity index (χ0v) is 15.0. The van der Waals surface area contributed by atoms with E-state index in [0.717, 1.165) is 15.9 Å². The lowest BCUT2D eigenvalue weighted by molar-refractivity contribution is -0.114. The third kappa shape index (κ3) is 5.09. The first-order valence-electron chi connectivity index (χ1n) is 7.82. The molecule has 0 fully saturated rings. The third-order valence-corrected chi connectivity index (χ3v) is 3.90. The summed E-state index contributed by atoms with van der Waals surface area (Å²) in [4.78, 5) is 12.2. The molecule has 0 spiro atoms. The van der Waals surface area contributed by atoms with Gasteiger partial charge >= 0.3 is 0 Å². The lowest BCUT2D eigenvalue weighted by Gasteiger charge is -2.13. The molecule has 0 aliphatic carbocycles. The molecule has 0 aliphatic rings. The molecule has 0 saturated heterocycles. The van der Waals surface area contributed by atoms with Crippen molar-refractivity contribution in [3.8, 4) is 11.5 Å². The molecule has 1 amide bonds. The number of anilines is 2. The summed E-state index contributed by atoms with van der Waals surface area (Å²) in [5.41, 5.74) is 1.51. The Labute approximate surface area is 155 Å². The van der Waals surface area contributed by atoms with E-state index in [1.54, 1.807) is 0 Å². The number of benzene rings is 3. The molecule has 4 nitrogen and oxygen atoms in total. The van der Waals surface area contributed by atoms with Crippen molar-refractivity contribution in [3.05, 3.63) is 83.3 Å². The maximum Gasteiger partial charge on any atom is 0.243 e. The highest BCUT2D eigenvalue weighted by atomic mass is 79.9. The number of carbonyl (C=O) groups is 1. The van der Waals surface area contributed by atoms with Crippen LogP contribution in [0.2, 0.25) is 0 Å². The van der Waals surface area contributed by atoms with Crippen molar-refractivity contribution in [2.24, 2.45) is 0 Å². The Hall–Kier alpha value is -2.79. The van der Waals surface area contributed by atoms with E-state index >= 15 is 0 Å². The van der Waals surface area contributed by atoms with E-state index in [-0.39, 0.29) is 12.5 Å². The first-order chi connectivity index (χ1) is 12.2. The average molecular weight is 397 g/mol. The molecule has 3 rings (SSSR count). The fourth-order valence-electron chi connectivity index (χ4n) is 2.25. The predicted octanol–water partition coefficient (Wildman–Crippen LogP) is 5.29. The number of hydrogen-bond acceptors (Lipinski definition) is 3. The molecule has 0 aromatic heterocycles. The van der Waals surface area contributed by atoms with Gasteiger partial charge in [0.25, 0.3) is 0 Å². The van der Waals surface area contributed by atoms with Crippen molar-refractivity contribution in [1.29, 1.82) is 0 Å². The molecule has 0 unspecified atom stereocenters. The van der Waals surface area contributed by atoms with E-state index in [4.69, 9.17) is 4.74 Å². The summed E-state index contributed by atoms with van der Waals surface area (Å²) < 4.78 is 6.81. The molecule has 3 aromatic carbocycles. The highest BCUT2D eigenvalue weighted by Gasteiger charge is 2.08. The molecule has 0 aliphatic heterocycles. The van der Waals surface area contributed by atoms with Gasteiger partial charge in [0.15, 0.2) is 5.75 Å². The molecule has 0 heterocycles. The van der Waals surface area contributed by atoms with Crippen LogP contribution >= 0.6 is 15.9 Å². The van der Waals surface area contributed by atoms with Crippen LogP contribution in [0.3, 0.4) is 0 Å². The minimum absolute atomic E-state index is 0.149. The maximum atomic E-state index is 12.2. The number of para-hydroxylation sites is 3. The van der Waals surface area contributed by atoms with Crippen molar-refractivity contribution >= 4 is 33.2 Å². The van der Waals surface area contributed by atoms with E-state index in [2.05, 4.69) is 26.6 Å². The Kier molecular flexibility index (Phi) is 5.69. The van der Waals surface area contributed by atoms with E-state index in [0.29, 0.717) is 11.4 Å². The van der Waals surface area contributed by atoms with Crippen LogP contribution in [0.5, 0.6) is 11.5 Å². The molecule has 0 radical (unpaired) electrons. The quantitative estimate of drug-likeness (QED) is 0.594. The van der Waals surface area contributed by atoms with Crippen molar-refractivity contribution in [2.45, 2.75) is 0 Å². The van der Waals surface area contributed by atoms with Crippen LogP contribution in [0.15, 0.2) is 83.3 Å². The number of rotatable bonds is 6. The SMILES string of the molecule is O=C(CNc1cccc(Br)c1)Nc1ccccc1Oc1ccccc1. The van der Waals surface area contributed by atoms with Crippen LogP contribution in [0.1, 0.15) is 0 Å². The molecule has 0 atom stereocenters. The summed E-state index contributed by atoms with van der Waals surface area (Å²) in [5.74, 6) is 1.17. The average Bonchev–Trinajstić information content (AvgIpc) is 2.63. The minimum atomic E-state index is -0.149. The fraction of sp³-hybridized carbons (Fsp3) is 0.0500. The van der Waals surface area contributed by atoms with Gasteiger partial charge in [-0.3, -0.25) is 4.79 Å². The van der Waals surface area contributed by atoms with E-state index in [9.17, 15) is 4.79 Å². The summed E-state index contributed by atoms with van der Waals surface area (Å²) in [7, 11) is 0. The zero-order valence-electron chi connectivity index (χ0n) is 13.4. The molecule has 0 bridgehead atoms. The second-order valence-corrected chi connectivity index (χ2v) is 6.24. The number of hydrogen-bond donors (Lipinski definition) is 2.